The fraction of sp³-hybridized carbons (Fsp3) is 0.429. The van der Waals surface area contributed by atoms with Crippen LogP contribution in [0.2, 0.25) is 5.02 Å². The zero-order valence-electron chi connectivity index (χ0n) is 10.2. The lowest BCUT2D eigenvalue weighted by molar-refractivity contribution is -0.120. The van der Waals surface area contributed by atoms with Crippen LogP contribution in [0.5, 0.6) is 5.75 Å². The van der Waals surface area contributed by atoms with Crippen molar-refractivity contribution in [2.75, 3.05) is 7.11 Å². The van der Waals surface area contributed by atoms with Crippen molar-refractivity contribution in [3.8, 4) is 11.8 Å². The third-order valence-electron chi connectivity index (χ3n) is 3.55. The number of methoxy groups -OCH3 is 1. The van der Waals surface area contributed by atoms with Crippen LogP contribution in [0.1, 0.15) is 31.2 Å². The number of rotatable bonds is 2. The van der Waals surface area contributed by atoms with E-state index in [0.717, 1.165) is 5.56 Å². The SMILES string of the molecule is COc1ccc(Cl)cc1C1(C#N)CCC(=O)CC1. The Morgan fingerprint density at radius 2 is 2.06 bits per heavy atom. The van der Waals surface area contributed by atoms with Crippen molar-refractivity contribution in [1.29, 1.82) is 5.26 Å². The molecule has 0 N–H and O–H groups in total. The predicted octanol–water partition coefficient (Wildman–Crippen LogP) is 3.25. The molecular formula is C14H14ClNO2. The molecule has 1 aliphatic rings. The lowest BCUT2D eigenvalue weighted by Gasteiger charge is -2.31. The van der Waals surface area contributed by atoms with Crippen LogP contribution in [-0.4, -0.2) is 12.9 Å². The molecule has 0 spiro atoms. The zero-order chi connectivity index (χ0) is 13.2. The number of hydrogen-bond acceptors (Lipinski definition) is 3. The van der Waals surface area contributed by atoms with Gasteiger partial charge >= 0.3 is 0 Å². The highest BCUT2D eigenvalue weighted by molar-refractivity contribution is 6.30. The van der Waals surface area contributed by atoms with Crippen LogP contribution >= 0.6 is 11.6 Å². The molecule has 4 heteroatoms. The van der Waals surface area contributed by atoms with Crippen LogP contribution in [0.3, 0.4) is 0 Å². The van der Waals surface area contributed by atoms with Crippen LogP contribution in [0.15, 0.2) is 18.2 Å². The first-order chi connectivity index (χ1) is 8.61. The molecule has 1 aromatic carbocycles. The average Bonchev–Trinajstić information content (AvgIpc) is 2.40. The fourth-order valence-corrected chi connectivity index (χ4v) is 2.62. The van der Waals surface area contributed by atoms with E-state index >= 15 is 0 Å². The summed E-state index contributed by atoms with van der Waals surface area (Å²) in [7, 11) is 1.58. The average molecular weight is 264 g/mol. The van der Waals surface area contributed by atoms with Crippen molar-refractivity contribution in [2.45, 2.75) is 31.1 Å². The smallest absolute Gasteiger partial charge is 0.133 e. The minimum absolute atomic E-state index is 0.224. The zero-order valence-corrected chi connectivity index (χ0v) is 11.0. The Morgan fingerprint density at radius 1 is 1.39 bits per heavy atom. The summed E-state index contributed by atoms with van der Waals surface area (Å²) < 4.78 is 5.31. The van der Waals surface area contributed by atoms with Crippen molar-refractivity contribution < 1.29 is 9.53 Å². The van der Waals surface area contributed by atoms with E-state index in [1.807, 2.05) is 0 Å². The number of halogens is 1. The Balaban J connectivity index is 2.48. The predicted molar refractivity (Wildman–Crippen MR) is 68.8 cm³/mol. The molecule has 0 radical (unpaired) electrons. The molecule has 0 atom stereocenters. The maximum atomic E-state index is 11.4. The molecule has 0 heterocycles. The number of carbonyl (C=O) groups excluding carboxylic acids is 1. The lowest BCUT2D eigenvalue weighted by atomic mass is 9.70. The van der Waals surface area contributed by atoms with E-state index in [2.05, 4.69) is 6.07 Å². The summed E-state index contributed by atoms with van der Waals surface area (Å²) in [6, 6.07) is 7.65. The van der Waals surface area contributed by atoms with Crippen LogP contribution in [0, 0.1) is 11.3 Å². The molecule has 1 aromatic rings. The molecule has 1 fully saturated rings. The second-order valence-electron chi connectivity index (χ2n) is 4.58. The number of Topliss-reactive ketones (excluding diaryl/α,β-unsaturated/α-hetero) is 1. The van der Waals surface area contributed by atoms with Gasteiger partial charge in [-0.3, -0.25) is 4.79 Å². The Labute approximate surface area is 111 Å². The maximum absolute atomic E-state index is 11.4. The molecule has 0 aromatic heterocycles. The van der Waals surface area contributed by atoms with Gasteiger partial charge in [0, 0.05) is 23.4 Å². The van der Waals surface area contributed by atoms with Crippen molar-refractivity contribution in [3.05, 3.63) is 28.8 Å². The van der Waals surface area contributed by atoms with Crippen LogP contribution in [-0.2, 0) is 10.2 Å². The van der Waals surface area contributed by atoms with Gasteiger partial charge in [0.25, 0.3) is 0 Å². The van der Waals surface area contributed by atoms with Gasteiger partial charge in [-0.25, -0.2) is 0 Å². The summed E-state index contributed by atoms with van der Waals surface area (Å²) in [4.78, 5) is 11.4. The van der Waals surface area contributed by atoms with E-state index in [4.69, 9.17) is 16.3 Å². The molecule has 0 bridgehead atoms. The van der Waals surface area contributed by atoms with Gasteiger partial charge in [-0.15, -0.1) is 0 Å². The van der Waals surface area contributed by atoms with Gasteiger partial charge in [0.1, 0.15) is 11.5 Å². The Bertz CT molecular complexity index is 509. The normalized spacial score (nSPS) is 18.2. The molecular weight excluding hydrogens is 250 g/mol. The first-order valence-electron chi connectivity index (χ1n) is 5.88. The number of hydrogen-bond donors (Lipinski definition) is 0. The van der Waals surface area contributed by atoms with Crippen molar-refractivity contribution >= 4 is 17.4 Å². The van der Waals surface area contributed by atoms with E-state index in [0.29, 0.717) is 36.5 Å². The molecule has 0 saturated heterocycles. The molecule has 18 heavy (non-hydrogen) atoms. The van der Waals surface area contributed by atoms with Gasteiger partial charge in [0.2, 0.25) is 0 Å². The minimum Gasteiger partial charge on any atom is -0.496 e. The third kappa shape index (κ3) is 2.21. The molecule has 1 aliphatic carbocycles. The number of ketones is 1. The van der Waals surface area contributed by atoms with Gasteiger partial charge in [-0.2, -0.15) is 5.26 Å². The molecule has 0 aliphatic heterocycles. The Kier molecular flexibility index (Phi) is 3.58. The largest absolute Gasteiger partial charge is 0.496 e. The van der Waals surface area contributed by atoms with Gasteiger partial charge in [-0.05, 0) is 31.0 Å². The highest BCUT2D eigenvalue weighted by atomic mass is 35.5. The summed E-state index contributed by atoms with van der Waals surface area (Å²) in [5, 5.41) is 10.1. The molecule has 0 amide bonds. The molecule has 3 nitrogen and oxygen atoms in total. The first-order valence-corrected chi connectivity index (χ1v) is 6.26. The summed E-state index contributed by atoms with van der Waals surface area (Å²) in [6.45, 7) is 0. The summed E-state index contributed by atoms with van der Waals surface area (Å²) in [5.41, 5.74) is 0.150. The second kappa shape index (κ2) is 4.99. The topological polar surface area (TPSA) is 50.1 Å². The number of nitrogens with zero attached hydrogens (tertiary/aromatic N) is 1. The monoisotopic (exact) mass is 263 g/mol. The molecule has 1 saturated carbocycles. The standard InChI is InChI=1S/C14H14ClNO2/c1-18-13-3-2-10(15)8-12(13)14(9-16)6-4-11(17)5-7-14/h2-3,8H,4-7H2,1H3. The molecule has 2 rings (SSSR count). The lowest BCUT2D eigenvalue weighted by Crippen LogP contribution is -2.30. The van der Waals surface area contributed by atoms with Crippen molar-refractivity contribution in [2.24, 2.45) is 0 Å². The highest BCUT2D eigenvalue weighted by Crippen LogP contribution is 2.42. The van der Waals surface area contributed by atoms with E-state index in [1.165, 1.54) is 0 Å². The third-order valence-corrected chi connectivity index (χ3v) is 3.79. The van der Waals surface area contributed by atoms with Gasteiger partial charge in [0.05, 0.1) is 18.6 Å². The Morgan fingerprint density at radius 3 is 2.61 bits per heavy atom. The summed E-state index contributed by atoms with van der Waals surface area (Å²) >= 11 is 6.01. The summed E-state index contributed by atoms with van der Waals surface area (Å²) in [5.74, 6) is 0.886. The number of ether oxygens (including phenoxy) is 1. The second-order valence-corrected chi connectivity index (χ2v) is 5.01. The van der Waals surface area contributed by atoms with Gasteiger partial charge < -0.3 is 4.74 Å². The van der Waals surface area contributed by atoms with Crippen molar-refractivity contribution in [3.63, 3.8) is 0 Å². The first kappa shape index (κ1) is 12.9. The van der Waals surface area contributed by atoms with Crippen LogP contribution < -0.4 is 4.74 Å². The van der Waals surface area contributed by atoms with Gasteiger partial charge in [0.15, 0.2) is 0 Å². The quantitative estimate of drug-likeness (QED) is 0.823. The summed E-state index contributed by atoms with van der Waals surface area (Å²) in [6.07, 6.45) is 1.98. The van der Waals surface area contributed by atoms with E-state index in [1.54, 1.807) is 25.3 Å². The number of nitriles is 1. The van der Waals surface area contributed by atoms with Crippen LogP contribution in [0.4, 0.5) is 0 Å². The Hall–Kier alpha value is -1.53. The van der Waals surface area contributed by atoms with E-state index in [9.17, 15) is 10.1 Å². The molecule has 0 unspecified atom stereocenters. The fourth-order valence-electron chi connectivity index (χ4n) is 2.45. The molecule has 94 valence electrons. The van der Waals surface area contributed by atoms with Crippen LogP contribution in [0.25, 0.3) is 0 Å². The number of benzene rings is 1. The van der Waals surface area contributed by atoms with E-state index < -0.39 is 5.41 Å². The van der Waals surface area contributed by atoms with E-state index in [-0.39, 0.29) is 5.78 Å². The number of carbonyl (C=O) groups is 1. The maximum Gasteiger partial charge on any atom is 0.133 e. The minimum atomic E-state index is -0.649. The highest BCUT2D eigenvalue weighted by Gasteiger charge is 2.38. The van der Waals surface area contributed by atoms with Crippen molar-refractivity contribution in [1.82, 2.24) is 0 Å². The van der Waals surface area contributed by atoms with Gasteiger partial charge in [-0.1, -0.05) is 11.6 Å².